The molecule has 1 aliphatic carbocycles. The molecule has 0 amide bonds. The van der Waals surface area contributed by atoms with Gasteiger partial charge in [-0.1, -0.05) is 36.4 Å². The first-order chi connectivity index (χ1) is 7.40. The van der Waals surface area contributed by atoms with Crippen molar-refractivity contribution in [1.82, 2.24) is 0 Å². The highest BCUT2D eigenvalue weighted by molar-refractivity contribution is 5.86. The fourth-order valence-corrected chi connectivity index (χ4v) is 2.28. The normalized spacial score (nSPS) is 12.1. The van der Waals surface area contributed by atoms with Crippen molar-refractivity contribution < 1.29 is 5.21 Å². The highest BCUT2D eigenvalue weighted by atomic mass is 16.5. The van der Waals surface area contributed by atoms with E-state index in [0.29, 0.717) is 0 Å². The van der Waals surface area contributed by atoms with Gasteiger partial charge in [-0.2, -0.15) is 0 Å². The molecule has 74 valence electrons. The van der Waals surface area contributed by atoms with Gasteiger partial charge in [0, 0.05) is 5.56 Å². The summed E-state index contributed by atoms with van der Waals surface area (Å²) >= 11 is 0. The molecule has 2 heteroatoms. The van der Waals surface area contributed by atoms with Crippen molar-refractivity contribution in [3.8, 4) is 11.1 Å². The van der Waals surface area contributed by atoms with Crippen molar-refractivity contribution >= 4 is 5.69 Å². The van der Waals surface area contributed by atoms with Gasteiger partial charge in [0.05, 0.1) is 5.69 Å². The van der Waals surface area contributed by atoms with Crippen LogP contribution in [0.3, 0.4) is 0 Å². The van der Waals surface area contributed by atoms with Crippen molar-refractivity contribution in [3.63, 3.8) is 0 Å². The van der Waals surface area contributed by atoms with E-state index in [9.17, 15) is 0 Å². The molecule has 0 fully saturated rings. The van der Waals surface area contributed by atoms with Crippen LogP contribution in [0.15, 0.2) is 42.5 Å². The average Bonchev–Trinajstić information content (AvgIpc) is 2.67. The van der Waals surface area contributed by atoms with Gasteiger partial charge in [0.25, 0.3) is 0 Å². The molecule has 2 aromatic carbocycles. The number of fused-ring (bicyclic) bond motifs is 3. The third kappa shape index (κ3) is 1.15. The van der Waals surface area contributed by atoms with Crippen molar-refractivity contribution in [2.75, 3.05) is 5.48 Å². The monoisotopic (exact) mass is 197 g/mol. The van der Waals surface area contributed by atoms with Gasteiger partial charge < -0.3 is 0 Å². The second kappa shape index (κ2) is 3.11. The van der Waals surface area contributed by atoms with Crippen LogP contribution in [0.5, 0.6) is 0 Å². The van der Waals surface area contributed by atoms with Gasteiger partial charge in [0.15, 0.2) is 0 Å². The van der Waals surface area contributed by atoms with Gasteiger partial charge in [-0.15, -0.1) is 0 Å². The predicted octanol–water partition coefficient (Wildman–Crippen LogP) is 3.06. The van der Waals surface area contributed by atoms with Crippen molar-refractivity contribution in [1.29, 1.82) is 0 Å². The molecule has 0 heterocycles. The Bertz CT molecular complexity index is 520. The Balaban J connectivity index is 2.30. The van der Waals surface area contributed by atoms with E-state index in [0.717, 1.165) is 17.7 Å². The van der Waals surface area contributed by atoms with E-state index >= 15 is 0 Å². The molecule has 2 nitrogen and oxygen atoms in total. The van der Waals surface area contributed by atoms with Gasteiger partial charge >= 0.3 is 0 Å². The molecule has 0 aromatic heterocycles. The zero-order valence-electron chi connectivity index (χ0n) is 8.20. The van der Waals surface area contributed by atoms with Crippen molar-refractivity contribution in [2.45, 2.75) is 6.42 Å². The van der Waals surface area contributed by atoms with Crippen LogP contribution in [-0.2, 0) is 6.42 Å². The zero-order valence-corrected chi connectivity index (χ0v) is 8.20. The second-order valence-corrected chi connectivity index (χ2v) is 3.79. The number of hydrogen-bond donors (Lipinski definition) is 2. The lowest BCUT2D eigenvalue weighted by atomic mass is 10.0. The molecule has 15 heavy (non-hydrogen) atoms. The average molecular weight is 197 g/mol. The summed E-state index contributed by atoms with van der Waals surface area (Å²) in [7, 11) is 0. The van der Waals surface area contributed by atoms with E-state index in [1.165, 1.54) is 16.7 Å². The summed E-state index contributed by atoms with van der Waals surface area (Å²) in [6.45, 7) is 0. The van der Waals surface area contributed by atoms with Crippen LogP contribution >= 0.6 is 0 Å². The van der Waals surface area contributed by atoms with Crippen molar-refractivity contribution in [3.05, 3.63) is 53.6 Å². The molecule has 0 unspecified atom stereocenters. The van der Waals surface area contributed by atoms with E-state index in [1.54, 1.807) is 0 Å². The van der Waals surface area contributed by atoms with Crippen molar-refractivity contribution in [2.24, 2.45) is 0 Å². The van der Waals surface area contributed by atoms with E-state index < -0.39 is 0 Å². The summed E-state index contributed by atoms with van der Waals surface area (Å²) in [5, 5.41) is 9.08. The molecule has 0 saturated carbocycles. The molecule has 1 aliphatic rings. The highest BCUT2D eigenvalue weighted by Crippen LogP contribution is 2.40. The summed E-state index contributed by atoms with van der Waals surface area (Å²) < 4.78 is 0. The lowest BCUT2D eigenvalue weighted by Crippen LogP contribution is -1.92. The van der Waals surface area contributed by atoms with Gasteiger partial charge in [-0.05, 0) is 29.2 Å². The third-order valence-corrected chi connectivity index (χ3v) is 2.94. The third-order valence-electron chi connectivity index (χ3n) is 2.94. The Hall–Kier alpha value is -1.80. The highest BCUT2D eigenvalue weighted by Gasteiger charge is 2.20. The summed E-state index contributed by atoms with van der Waals surface area (Å²) in [6, 6.07) is 14.3. The van der Waals surface area contributed by atoms with E-state index in [-0.39, 0.29) is 0 Å². The maximum absolute atomic E-state index is 9.08. The topological polar surface area (TPSA) is 32.3 Å². The maximum atomic E-state index is 9.08. The first kappa shape index (κ1) is 8.50. The first-order valence-electron chi connectivity index (χ1n) is 5.00. The Morgan fingerprint density at radius 1 is 0.933 bits per heavy atom. The minimum Gasteiger partial charge on any atom is -0.291 e. The number of nitrogens with one attached hydrogen (secondary N) is 1. The Morgan fingerprint density at radius 2 is 1.73 bits per heavy atom. The van der Waals surface area contributed by atoms with E-state index in [2.05, 4.69) is 29.7 Å². The smallest absolute Gasteiger partial charge is 0.0683 e. The van der Waals surface area contributed by atoms with Gasteiger partial charge in [-0.3, -0.25) is 10.7 Å². The maximum Gasteiger partial charge on any atom is 0.0683 e. The van der Waals surface area contributed by atoms with Crippen LogP contribution in [0.25, 0.3) is 11.1 Å². The molecule has 0 bridgehead atoms. The number of anilines is 1. The molecule has 0 aliphatic heterocycles. The van der Waals surface area contributed by atoms with Crippen LogP contribution in [0.1, 0.15) is 11.1 Å². The van der Waals surface area contributed by atoms with E-state index in [4.69, 9.17) is 5.21 Å². The van der Waals surface area contributed by atoms with Crippen LogP contribution in [0, 0.1) is 0 Å². The molecular weight excluding hydrogens is 186 g/mol. The summed E-state index contributed by atoms with van der Waals surface area (Å²) in [5.41, 5.74) is 8.02. The fourth-order valence-electron chi connectivity index (χ4n) is 2.28. The molecule has 2 N–H and O–H groups in total. The molecular formula is C13H11NO. The largest absolute Gasteiger partial charge is 0.291 e. The number of benzene rings is 2. The van der Waals surface area contributed by atoms with Crippen LogP contribution in [0.4, 0.5) is 5.69 Å². The molecule has 0 radical (unpaired) electrons. The lowest BCUT2D eigenvalue weighted by molar-refractivity contribution is 0.389. The van der Waals surface area contributed by atoms with E-state index in [1.807, 2.05) is 18.2 Å². The molecule has 3 rings (SSSR count). The molecule has 2 aromatic rings. The standard InChI is InChI=1S/C13H11NO/c15-14-12-7-3-5-10-8-9-4-1-2-6-11(9)13(10)12/h1-7,14-15H,8H2. The Morgan fingerprint density at radius 3 is 2.60 bits per heavy atom. The van der Waals surface area contributed by atoms with Crippen LogP contribution < -0.4 is 5.48 Å². The lowest BCUT2D eigenvalue weighted by Gasteiger charge is -2.07. The fraction of sp³-hybridized carbons (Fsp3) is 0.0769. The predicted molar refractivity (Wildman–Crippen MR) is 60.1 cm³/mol. The van der Waals surface area contributed by atoms with Crippen LogP contribution in [0.2, 0.25) is 0 Å². The zero-order chi connectivity index (χ0) is 10.3. The Kier molecular flexibility index (Phi) is 1.76. The summed E-state index contributed by atoms with van der Waals surface area (Å²) in [4.78, 5) is 0. The minimum atomic E-state index is 0.789. The van der Waals surface area contributed by atoms with Gasteiger partial charge in [-0.25, -0.2) is 0 Å². The second-order valence-electron chi connectivity index (χ2n) is 3.79. The number of rotatable bonds is 1. The minimum absolute atomic E-state index is 0.789. The SMILES string of the molecule is ONc1cccc2c1-c1ccccc1C2. The summed E-state index contributed by atoms with van der Waals surface area (Å²) in [5.74, 6) is 0. The Labute approximate surface area is 88.1 Å². The van der Waals surface area contributed by atoms with Gasteiger partial charge in [0.1, 0.15) is 0 Å². The molecule has 0 atom stereocenters. The molecule has 0 saturated heterocycles. The van der Waals surface area contributed by atoms with Crippen LogP contribution in [-0.4, -0.2) is 5.21 Å². The number of hydrogen-bond acceptors (Lipinski definition) is 2. The summed E-state index contributed by atoms with van der Waals surface area (Å²) in [6.07, 6.45) is 0.959. The first-order valence-corrected chi connectivity index (χ1v) is 5.00. The molecule has 0 spiro atoms. The quantitative estimate of drug-likeness (QED) is 0.587. The van der Waals surface area contributed by atoms with Gasteiger partial charge in [0.2, 0.25) is 0 Å².